The standard InChI is InChI=1S/C20H31N5O2/c1-4-18(26)25-12-11-17(14-25)24-20(22-6-3)23-13-15-7-9-16(10-8-15)19(27)21-5-2/h7-10,17H,4-6,11-14H2,1-3H3,(H,21,27)(H2,22,23,24). The summed E-state index contributed by atoms with van der Waals surface area (Å²) >= 11 is 0. The van der Waals surface area contributed by atoms with Gasteiger partial charge in [0.15, 0.2) is 5.96 Å². The molecular formula is C20H31N5O2. The van der Waals surface area contributed by atoms with Crippen LogP contribution in [0.1, 0.15) is 49.5 Å². The van der Waals surface area contributed by atoms with Gasteiger partial charge in [-0.25, -0.2) is 4.99 Å². The Bertz CT molecular complexity index is 657. The average molecular weight is 374 g/mol. The number of rotatable bonds is 7. The number of amides is 2. The van der Waals surface area contributed by atoms with E-state index in [1.807, 2.05) is 49.9 Å². The number of carbonyl (C=O) groups is 2. The van der Waals surface area contributed by atoms with E-state index < -0.39 is 0 Å². The second-order valence-corrected chi connectivity index (χ2v) is 6.57. The van der Waals surface area contributed by atoms with Crippen molar-refractivity contribution in [1.82, 2.24) is 20.9 Å². The molecule has 7 nitrogen and oxygen atoms in total. The number of carbonyl (C=O) groups excluding carboxylic acids is 2. The van der Waals surface area contributed by atoms with E-state index in [9.17, 15) is 9.59 Å². The first-order valence-corrected chi connectivity index (χ1v) is 9.77. The molecule has 1 saturated heterocycles. The van der Waals surface area contributed by atoms with Gasteiger partial charge in [-0.05, 0) is 38.0 Å². The predicted octanol–water partition coefficient (Wildman–Crippen LogP) is 1.50. The zero-order valence-corrected chi connectivity index (χ0v) is 16.5. The molecule has 1 aromatic carbocycles. The molecule has 0 bridgehead atoms. The van der Waals surface area contributed by atoms with Crippen LogP contribution in [0.4, 0.5) is 0 Å². The summed E-state index contributed by atoms with van der Waals surface area (Å²) in [6.07, 6.45) is 1.48. The van der Waals surface area contributed by atoms with Gasteiger partial charge in [0.05, 0.1) is 6.54 Å². The van der Waals surface area contributed by atoms with Crippen molar-refractivity contribution in [1.29, 1.82) is 0 Å². The molecule has 1 aromatic rings. The first-order chi connectivity index (χ1) is 13.1. The molecule has 1 aliphatic heterocycles. The number of hydrogen-bond donors (Lipinski definition) is 3. The van der Waals surface area contributed by atoms with Gasteiger partial charge in [-0.3, -0.25) is 9.59 Å². The van der Waals surface area contributed by atoms with Crippen LogP contribution in [0.15, 0.2) is 29.3 Å². The lowest BCUT2D eigenvalue weighted by Gasteiger charge is -2.18. The van der Waals surface area contributed by atoms with Gasteiger partial charge in [0, 0.05) is 44.2 Å². The molecule has 1 heterocycles. The lowest BCUT2D eigenvalue weighted by atomic mass is 10.1. The summed E-state index contributed by atoms with van der Waals surface area (Å²) in [7, 11) is 0. The average Bonchev–Trinajstić information content (AvgIpc) is 3.15. The van der Waals surface area contributed by atoms with Crippen molar-refractivity contribution in [3.05, 3.63) is 35.4 Å². The van der Waals surface area contributed by atoms with Crippen LogP contribution in [-0.2, 0) is 11.3 Å². The van der Waals surface area contributed by atoms with Crippen molar-refractivity contribution >= 4 is 17.8 Å². The molecule has 1 atom stereocenters. The molecule has 2 rings (SSSR count). The second-order valence-electron chi connectivity index (χ2n) is 6.57. The Morgan fingerprint density at radius 1 is 1.11 bits per heavy atom. The first kappa shape index (κ1) is 20.7. The summed E-state index contributed by atoms with van der Waals surface area (Å²) in [4.78, 5) is 30.2. The van der Waals surface area contributed by atoms with Gasteiger partial charge in [0.25, 0.3) is 5.91 Å². The van der Waals surface area contributed by atoms with Gasteiger partial charge in [-0.15, -0.1) is 0 Å². The minimum absolute atomic E-state index is 0.0602. The minimum Gasteiger partial charge on any atom is -0.357 e. The topological polar surface area (TPSA) is 85.8 Å². The summed E-state index contributed by atoms with van der Waals surface area (Å²) in [5.41, 5.74) is 1.69. The van der Waals surface area contributed by atoms with Gasteiger partial charge in [0.1, 0.15) is 0 Å². The van der Waals surface area contributed by atoms with Crippen molar-refractivity contribution in [2.45, 2.75) is 46.2 Å². The minimum atomic E-state index is -0.0602. The van der Waals surface area contributed by atoms with Gasteiger partial charge >= 0.3 is 0 Å². The SMILES string of the molecule is CCNC(=O)c1ccc(CN=C(NCC)NC2CCN(C(=O)CC)C2)cc1. The molecule has 0 spiro atoms. The molecule has 0 saturated carbocycles. The zero-order chi connectivity index (χ0) is 19.6. The number of hydrogen-bond acceptors (Lipinski definition) is 3. The number of guanidine groups is 1. The van der Waals surface area contributed by atoms with E-state index >= 15 is 0 Å². The summed E-state index contributed by atoms with van der Waals surface area (Å²) in [5.74, 6) is 0.893. The third kappa shape index (κ3) is 6.27. The Hall–Kier alpha value is -2.57. The third-order valence-corrected chi connectivity index (χ3v) is 4.50. The van der Waals surface area contributed by atoms with E-state index in [0.29, 0.717) is 25.1 Å². The first-order valence-electron chi connectivity index (χ1n) is 9.77. The van der Waals surface area contributed by atoms with Crippen LogP contribution in [0, 0.1) is 0 Å². The molecule has 148 valence electrons. The van der Waals surface area contributed by atoms with Crippen molar-refractivity contribution in [2.24, 2.45) is 4.99 Å². The lowest BCUT2D eigenvalue weighted by molar-refractivity contribution is -0.129. The lowest BCUT2D eigenvalue weighted by Crippen LogP contribution is -2.45. The Morgan fingerprint density at radius 3 is 2.44 bits per heavy atom. The number of likely N-dealkylation sites (tertiary alicyclic amines) is 1. The third-order valence-electron chi connectivity index (χ3n) is 4.50. The highest BCUT2D eigenvalue weighted by Gasteiger charge is 2.25. The number of nitrogens with one attached hydrogen (secondary N) is 3. The molecule has 0 radical (unpaired) electrons. The number of nitrogens with zero attached hydrogens (tertiary/aromatic N) is 2. The van der Waals surface area contributed by atoms with Crippen molar-refractivity contribution in [3.8, 4) is 0 Å². The summed E-state index contributed by atoms with van der Waals surface area (Å²) < 4.78 is 0. The smallest absolute Gasteiger partial charge is 0.251 e. The summed E-state index contributed by atoms with van der Waals surface area (Å²) in [6, 6.07) is 7.71. The van der Waals surface area contributed by atoms with Gasteiger partial charge in [-0.2, -0.15) is 0 Å². The number of benzene rings is 1. The quantitative estimate of drug-likeness (QED) is 0.499. The van der Waals surface area contributed by atoms with Crippen LogP contribution in [0.5, 0.6) is 0 Å². The Labute approximate surface area is 161 Å². The van der Waals surface area contributed by atoms with Crippen LogP contribution < -0.4 is 16.0 Å². The fourth-order valence-corrected chi connectivity index (χ4v) is 3.04. The van der Waals surface area contributed by atoms with Gasteiger partial charge in [-0.1, -0.05) is 19.1 Å². The van der Waals surface area contributed by atoms with E-state index in [1.54, 1.807) is 0 Å². The maximum absolute atomic E-state index is 11.8. The van der Waals surface area contributed by atoms with E-state index in [0.717, 1.165) is 37.6 Å². The second kappa shape index (κ2) is 10.5. The maximum atomic E-state index is 11.8. The zero-order valence-electron chi connectivity index (χ0n) is 16.5. The largest absolute Gasteiger partial charge is 0.357 e. The van der Waals surface area contributed by atoms with E-state index in [4.69, 9.17) is 0 Å². The fourth-order valence-electron chi connectivity index (χ4n) is 3.04. The maximum Gasteiger partial charge on any atom is 0.251 e. The van der Waals surface area contributed by atoms with Gasteiger partial charge < -0.3 is 20.9 Å². The van der Waals surface area contributed by atoms with Crippen LogP contribution in [0.3, 0.4) is 0 Å². The van der Waals surface area contributed by atoms with Crippen LogP contribution >= 0.6 is 0 Å². The fraction of sp³-hybridized carbons (Fsp3) is 0.550. The van der Waals surface area contributed by atoms with Crippen molar-refractivity contribution in [2.75, 3.05) is 26.2 Å². The molecule has 1 aliphatic rings. The number of aliphatic imine (C=N–C) groups is 1. The highest BCUT2D eigenvalue weighted by molar-refractivity contribution is 5.94. The molecular weight excluding hydrogens is 342 g/mol. The summed E-state index contributed by atoms with van der Waals surface area (Å²) in [6.45, 7) is 9.25. The molecule has 1 unspecified atom stereocenters. The molecule has 2 amide bonds. The van der Waals surface area contributed by atoms with Crippen LogP contribution in [0.25, 0.3) is 0 Å². The Balaban J connectivity index is 1.93. The monoisotopic (exact) mass is 373 g/mol. The van der Waals surface area contributed by atoms with Crippen LogP contribution in [0.2, 0.25) is 0 Å². The normalized spacial score (nSPS) is 16.9. The molecule has 7 heteroatoms. The molecule has 0 aromatic heterocycles. The van der Waals surface area contributed by atoms with E-state index in [2.05, 4.69) is 20.9 Å². The Morgan fingerprint density at radius 2 is 1.81 bits per heavy atom. The highest BCUT2D eigenvalue weighted by Crippen LogP contribution is 2.11. The van der Waals surface area contributed by atoms with E-state index in [-0.39, 0.29) is 17.9 Å². The summed E-state index contributed by atoms with van der Waals surface area (Å²) in [5, 5.41) is 9.47. The van der Waals surface area contributed by atoms with Crippen molar-refractivity contribution in [3.63, 3.8) is 0 Å². The molecule has 27 heavy (non-hydrogen) atoms. The molecule has 3 N–H and O–H groups in total. The van der Waals surface area contributed by atoms with Gasteiger partial charge in [0.2, 0.25) is 5.91 Å². The predicted molar refractivity (Wildman–Crippen MR) is 108 cm³/mol. The van der Waals surface area contributed by atoms with Crippen LogP contribution in [-0.4, -0.2) is 54.9 Å². The van der Waals surface area contributed by atoms with E-state index in [1.165, 1.54) is 0 Å². The molecule has 0 aliphatic carbocycles. The molecule has 1 fully saturated rings. The highest BCUT2D eigenvalue weighted by atomic mass is 16.2. The van der Waals surface area contributed by atoms with Crippen molar-refractivity contribution < 1.29 is 9.59 Å². The Kier molecular flexibility index (Phi) is 8.10.